The SMILES string of the molecule is CCNC(CC)CSCC(=O)N1CCCCC1. The second kappa shape index (κ2) is 8.81. The summed E-state index contributed by atoms with van der Waals surface area (Å²) in [7, 11) is 0. The monoisotopic (exact) mass is 258 g/mol. The van der Waals surface area contributed by atoms with Crippen LogP contribution in [0.2, 0.25) is 0 Å². The van der Waals surface area contributed by atoms with Crippen LogP contribution in [0.1, 0.15) is 39.5 Å². The average Bonchev–Trinajstić information content (AvgIpc) is 2.38. The smallest absolute Gasteiger partial charge is 0.232 e. The summed E-state index contributed by atoms with van der Waals surface area (Å²) in [4.78, 5) is 13.9. The second-order valence-electron chi connectivity index (χ2n) is 4.62. The van der Waals surface area contributed by atoms with Crippen molar-refractivity contribution in [1.82, 2.24) is 10.2 Å². The van der Waals surface area contributed by atoms with Gasteiger partial charge in [-0.1, -0.05) is 13.8 Å². The third kappa shape index (κ3) is 5.77. The second-order valence-corrected chi connectivity index (χ2v) is 5.65. The van der Waals surface area contributed by atoms with Crippen molar-refractivity contribution in [3.63, 3.8) is 0 Å². The van der Waals surface area contributed by atoms with E-state index in [1.165, 1.54) is 19.3 Å². The van der Waals surface area contributed by atoms with Crippen molar-refractivity contribution in [3.05, 3.63) is 0 Å². The topological polar surface area (TPSA) is 32.3 Å². The molecule has 1 amide bonds. The van der Waals surface area contributed by atoms with Crippen molar-refractivity contribution in [3.8, 4) is 0 Å². The van der Waals surface area contributed by atoms with Crippen LogP contribution in [-0.4, -0.2) is 48.0 Å². The molecule has 1 aliphatic heterocycles. The maximum atomic E-state index is 11.9. The van der Waals surface area contributed by atoms with Gasteiger partial charge in [-0.25, -0.2) is 0 Å². The van der Waals surface area contributed by atoms with Gasteiger partial charge in [0, 0.05) is 24.9 Å². The van der Waals surface area contributed by atoms with Gasteiger partial charge in [-0.15, -0.1) is 0 Å². The van der Waals surface area contributed by atoms with E-state index in [0.717, 1.165) is 31.8 Å². The Morgan fingerprint density at radius 1 is 1.29 bits per heavy atom. The third-order valence-corrected chi connectivity index (χ3v) is 4.33. The fourth-order valence-electron chi connectivity index (χ4n) is 2.13. The standard InChI is InChI=1S/C13H26N2OS/c1-3-12(14-4-2)10-17-11-13(16)15-8-6-5-7-9-15/h12,14H,3-11H2,1-2H3. The van der Waals surface area contributed by atoms with Crippen LogP contribution >= 0.6 is 11.8 Å². The molecule has 0 radical (unpaired) electrons. The van der Waals surface area contributed by atoms with Crippen LogP contribution in [0.15, 0.2) is 0 Å². The van der Waals surface area contributed by atoms with Crippen LogP contribution in [0.3, 0.4) is 0 Å². The normalized spacial score (nSPS) is 18.1. The Bertz CT molecular complexity index is 217. The largest absolute Gasteiger partial charge is 0.342 e. The van der Waals surface area contributed by atoms with E-state index in [9.17, 15) is 4.79 Å². The number of hydrogen-bond donors (Lipinski definition) is 1. The van der Waals surface area contributed by atoms with E-state index in [1.54, 1.807) is 11.8 Å². The molecule has 1 aliphatic rings. The molecule has 1 saturated heterocycles. The van der Waals surface area contributed by atoms with Gasteiger partial charge in [0.05, 0.1) is 5.75 Å². The highest BCUT2D eigenvalue weighted by Crippen LogP contribution is 2.12. The lowest BCUT2D eigenvalue weighted by atomic mass is 10.1. The van der Waals surface area contributed by atoms with Crippen LogP contribution in [0.4, 0.5) is 0 Å². The van der Waals surface area contributed by atoms with Crippen molar-refractivity contribution in [2.24, 2.45) is 0 Å². The predicted molar refractivity (Wildman–Crippen MR) is 75.5 cm³/mol. The number of nitrogens with zero attached hydrogens (tertiary/aromatic N) is 1. The van der Waals surface area contributed by atoms with Gasteiger partial charge in [0.25, 0.3) is 0 Å². The Kier molecular flexibility index (Phi) is 7.69. The van der Waals surface area contributed by atoms with Crippen molar-refractivity contribution in [2.75, 3.05) is 31.1 Å². The first kappa shape index (κ1) is 14.8. The minimum Gasteiger partial charge on any atom is -0.342 e. The molecule has 0 saturated carbocycles. The lowest BCUT2D eigenvalue weighted by Crippen LogP contribution is -2.37. The summed E-state index contributed by atoms with van der Waals surface area (Å²) in [6, 6.07) is 0.555. The number of nitrogens with one attached hydrogen (secondary N) is 1. The first-order valence-electron chi connectivity index (χ1n) is 6.86. The van der Waals surface area contributed by atoms with Crippen LogP contribution in [-0.2, 0) is 4.79 Å². The van der Waals surface area contributed by atoms with E-state index in [-0.39, 0.29) is 0 Å². The number of hydrogen-bond acceptors (Lipinski definition) is 3. The number of carbonyl (C=O) groups excluding carboxylic acids is 1. The van der Waals surface area contributed by atoms with Crippen LogP contribution in [0, 0.1) is 0 Å². The number of likely N-dealkylation sites (tertiary alicyclic amines) is 1. The highest BCUT2D eigenvalue weighted by atomic mass is 32.2. The van der Waals surface area contributed by atoms with Gasteiger partial charge in [0.15, 0.2) is 0 Å². The summed E-state index contributed by atoms with van der Waals surface area (Å²) in [6.07, 6.45) is 4.80. The molecule has 1 fully saturated rings. The summed E-state index contributed by atoms with van der Waals surface area (Å²) in [6.45, 7) is 7.29. The minimum atomic E-state index is 0.334. The lowest BCUT2D eigenvalue weighted by Gasteiger charge is -2.26. The number of thioether (sulfide) groups is 1. The number of piperidine rings is 1. The number of rotatable bonds is 7. The van der Waals surface area contributed by atoms with Gasteiger partial charge in [0.1, 0.15) is 0 Å². The highest BCUT2D eigenvalue weighted by molar-refractivity contribution is 7.99. The van der Waals surface area contributed by atoms with Crippen molar-refractivity contribution in [2.45, 2.75) is 45.6 Å². The summed E-state index contributed by atoms with van der Waals surface area (Å²) in [5.41, 5.74) is 0. The number of amides is 1. The van der Waals surface area contributed by atoms with E-state index in [1.807, 2.05) is 4.90 Å². The minimum absolute atomic E-state index is 0.334. The molecule has 100 valence electrons. The summed E-state index contributed by atoms with van der Waals surface area (Å²) >= 11 is 1.77. The van der Waals surface area contributed by atoms with Gasteiger partial charge < -0.3 is 10.2 Å². The summed E-state index contributed by atoms with van der Waals surface area (Å²) < 4.78 is 0. The van der Waals surface area contributed by atoms with Gasteiger partial charge in [0.2, 0.25) is 5.91 Å². The highest BCUT2D eigenvalue weighted by Gasteiger charge is 2.16. The third-order valence-electron chi connectivity index (χ3n) is 3.24. The fourth-order valence-corrected chi connectivity index (χ4v) is 3.25. The van der Waals surface area contributed by atoms with E-state index in [4.69, 9.17) is 0 Å². The van der Waals surface area contributed by atoms with Crippen LogP contribution in [0.5, 0.6) is 0 Å². The molecule has 1 unspecified atom stereocenters. The first-order valence-corrected chi connectivity index (χ1v) is 8.02. The van der Waals surface area contributed by atoms with Crippen LogP contribution < -0.4 is 5.32 Å². The van der Waals surface area contributed by atoms with Gasteiger partial charge in [-0.3, -0.25) is 4.79 Å². The molecule has 17 heavy (non-hydrogen) atoms. The zero-order valence-electron chi connectivity index (χ0n) is 11.2. The van der Waals surface area contributed by atoms with Crippen LogP contribution in [0.25, 0.3) is 0 Å². The van der Waals surface area contributed by atoms with E-state index in [0.29, 0.717) is 17.7 Å². The zero-order chi connectivity index (χ0) is 12.5. The molecular formula is C13H26N2OS. The van der Waals surface area contributed by atoms with Crippen molar-refractivity contribution >= 4 is 17.7 Å². The Hall–Kier alpha value is -0.220. The molecule has 0 aromatic carbocycles. The maximum absolute atomic E-state index is 11.9. The molecular weight excluding hydrogens is 232 g/mol. The molecule has 0 bridgehead atoms. The Labute approximate surface area is 110 Å². The van der Waals surface area contributed by atoms with E-state index in [2.05, 4.69) is 19.2 Å². The van der Waals surface area contributed by atoms with Crippen molar-refractivity contribution in [1.29, 1.82) is 0 Å². The molecule has 1 heterocycles. The molecule has 1 atom stereocenters. The summed E-state index contributed by atoms with van der Waals surface area (Å²) in [5.74, 6) is 2.03. The molecule has 1 rings (SSSR count). The maximum Gasteiger partial charge on any atom is 0.232 e. The first-order chi connectivity index (χ1) is 8.27. The Balaban J connectivity index is 2.14. The molecule has 0 aromatic heterocycles. The van der Waals surface area contributed by atoms with Gasteiger partial charge >= 0.3 is 0 Å². The average molecular weight is 258 g/mol. The van der Waals surface area contributed by atoms with E-state index >= 15 is 0 Å². The zero-order valence-corrected chi connectivity index (χ0v) is 12.0. The van der Waals surface area contributed by atoms with Gasteiger partial charge in [-0.05, 0) is 32.2 Å². The predicted octanol–water partition coefficient (Wildman–Crippen LogP) is 2.12. The van der Waals surface area contributed by atoms with Gasteiger partial charge in [-0.2, -0.15) is 11.8 Å². The lowest BCUT2D eigenvalue weighted by molar-refractivity contribution is -0.129. The summed E-state index contributed by atoms with van der Waals surface area (Å²) in [5, 5.41) is 3.44. The molecule has 4 heteroatoms. The molecule has 0 aromatic rings. The quantitative estimate of drug-likeness (QED) is 0.759. The Morgan fingerprint density at radius 3 is 2.59 bits per heavy atom. The molecule has 3 nitrogen and oxygen atoms in total. The molecule has 1 N–H and O–H groups in total. The van der Waals surface area contributed by atoms with Crippen molar-refractivity contribution < 1.29 is 4.79 Å². The molecule has 0 aliphatic carbocycles. The number of carbonyl (C=O) groups is 1. The molecule has 0 spiro atoms. The Morgan fingerprint density at radius 2 is 2.00 bits per heavy atom. The fraction of sp³-hybridized carbons (Fsp3) is 0.923. The van der Waals surface area contributed by atoms with E-state index < -0.39 is 0 Å².